The largest absolute Gasteiger partial charge is 0.374 e. The van der Waals surface area contributed by atoms with E-state index >= 15 is 0 Å². The van der Waals surface area contributed by atoms with Gasteiger partial charge in [0.05, 0.1) is 30.9 Å². The van der Waals surface area contributed by atoms with Gasteiger partial charge in [-0.05, 0) is 37.6 Å². The van der Waals surface area contributed by atoms with Crippen molar-refractivity contribution in [3.8, 4) is 30.8 Å². The van der Waals surface area contributed by atoms with Crippen molar-refractivity contribution in [2.75, 3.05) is 18.5 Å². The van der Waals surface area contributed by atoms with Crippen LogP contribution in [0.15, 0.2) is 18.2 Å². The number of hydrogen-bond donors (Lipinski definition) is 2. The fourth-order valence-corrected chi connectivity index (χ4v) is 3.58. The molecule has 0 unspecified atom stereocenters. The number of nitriles is 1. The lowest BCUT2D eigenvalue weighted by Gasteiger charge is -2.37. The second-order valence-electron chi connectivity index (χ2n) is 7.49. The van der Waals surface area contributed by atoms with Crippen LogP contribution in [0.25, 0.3) is 0 Å². The standard InChI is InChI=1S/C24H19FN4O4/c1-5-9-29-15(4)19(21(30)23(32)28-24(6-2)12-33-13-24)14(3)20(29)22(31)27-17-7-8-18(25)16(10-17)11-26/h1-2,7-8,10H,9,12-13H2,3-4H3,(H,27,31)(H,28,32). The summed E-state index contributed by atoms with van der Waals surface area (Å²) >= 11 is 0. The number of rotatable bonds is 6. The van der Waals surface area contributed by atoms with Gasteiger partial charge in [0.15, 0.2) is 0 Å². The summed E-state index contributed by atoms with van der Waals surface area (Å²) in [7, 11) is 0. The molecule has 0 bridgehead atoms. The molecule has 1 aliphatic rings. The third kappa shape index (κ3) is 4.21. The summed E-state index contributed by atoms with van der Waals surface area (Å²) in [5.41, 5.74) is -0.461. The average Bonchev–Trinajstić information content (AvgIpc) is 3.01. The number of nitrogens with one attached hydrogen (secondary N) is 2. The third-order valence-corrected chi connectivity index (χ3v) is 5.34. The number of ether oxygens (including phenoxy) is 1. The molecule has 0 radical (unpaired) electrons. The Balaban J connectivity index is 1.97. The van der Waals surface area contributed by atoms with E-state index in [2.05, 4.69) is 22.5 Å². The Morgan fingerprint density at radius 3 is 2.52 bits per heavy atom. The number of anilines is 1. The molecule has 2 aromatic rings. The lowest BCUT2D eigenvalue weighted by atomic mass is 9.97. The Morgan fingerprint density at radius 1 is 1.27 bits per heavy atom. The van der Waals surface area contributed by atoms with Crippen LogP contribution in [0.5, 0.6) is 0 Å². The van der Waals surface area contributed by atoms with Crippen molar-refractivity contribution in [2.45, 2.75) is 25.9 Å². The Labute approximate surface area is 189 Å². The van der Waals surface area contributed by atoms with Gasteiger partial charge in [0.25, 0.3) is 17.6 Å². The number of terminal acetylenes is 2. The van der Waals surface area contributed by atoms with Crippen LogP contribution in [0, 0.1) is 55.7 Å². The van der Waals surface area contributed by atoms with E-state index in [-0.39, 0.29) is 47.8 Å². The van der Waals surface area contributed by atoms with E-state index in [1.165, 1.54) is 23.6 Å². The molecule has 1 aliphatic heterocycles. The maximum atomic E-state index is 13.6. The van der Waals surface area contributed by atoms with Gasteiger partial charge in [0, 0.05) is 11.4 Å². The monoisotopic (exact) mass is 446 g/mol. The minimum atomic E-state index is -1.04. The summed E-state index contributed by atoms with van der Waals surface area (Å²) in [4.78, 5) is 38.7. The molecule has 0 spiro atoms. The van der Waals surface area contributed by atoms with Gasteiger partial charge in [0.2, 0.25) is 0 Å². The first-order valence-electron chi connectivity index (χ1n) is 9.74. The smallest absolute Gasteiger partial charge is 0.293 e. The number of carbonyl (C=O) groups is 3. The van der Waals surface area contributed by atoms with E-state index in [9.17, 15) is 18.8 Å². The lowest BCUT2D eigenvalue weighted by molar-refractivity contribution is -0.124. The Hall–Kier alpha value is -4.39. The van der Waals surface area contributed by atoms with E-state index in [1.54, 1.807) is 13.0 Å². The normalized spacial score (nSPS) is 13.6. The van der Waals surface area contributed by atoms with Crippen molar-refractivity contribution in [1.29, 1.82) is 5.26 Å². The highest BCUT2D eigenvalue weighted by Crippen LogP contribution is 2.25. The van der Waals surface area contributed by atoms with Gasteiger partial charge in [-0.1, -0.05) is 11.8 Å². The molecule has 0 aliphatic carbocycles. The zero-order valence-electron chi connectivity index (χ0n) is 17.9. The van der Waals surface area contributed by atoms with Crippen molar-refractivity contribution in [1.82, 2.24) is 9.88 Å². The number of amides is 2. The molecule has 1 saturated heterocycles. The number of benzene rings is 1. The van der Waals surface area contributed by atoms with E-state index in [1.807, 2.05) is 0 Å². The molecular weight excluding hydrogens is 427 g/mol. The Morgan fingerprint density at radius 2 is 1.97 bits per heavy atom. The molecule has 8 nitrogen and oxygen atoms in total. The summed E-state index contributed by atoms with van der Waals surface area (Å²) in [6.45, 7) is 3.23. The topological polar surface area (TPSA) is 113 Å². The second kappa shape index (κ2) is 9.00. The third-order valence-electron chi connectivity index (χ3n) is 5.34. The van der Waals surface area contributed by atoms with E-state index in [0.29, 0.717) is 5.69 Å². The van der Waals surface area contributed by atoms with Gasteiger partial charge in [-0.15, -0.1) is 12.8 Å². The van der Waals surface area contributed by atoms with Gasteiger partial charge in [0.1, 0.15) is 23.1 Å². The van der Waals surface area contributed by atoms with Crippen molar-refractivity contribution >= 4 is 23.3 Å². The first-order valence-corrected chi connectivity index (χ1v) is 9.74. The van der Waals surface area contributed by atoms with Gasteiger partial charge in [-0.25, -0.2) is 4.39 Å². The number of nitrogens with zero attached hydrogens (tertiary/aromatic N) is 2. The quantitative estimate of drug-likeness (QED) is 0.398. The van der Waals surface area contributed by atoms with Crippen LogP contribution in [0.3, 0.4) is 0 Å². The summed E-state index contributed by atoms with van der Waals surface area (Å²) in [5.74, 6) is 1.68. The molecule has 1 fully saturated rings. The minimum Gasteiger partial charge on any atom is -0.374 e. The summed E-state index contributed by atoms with van der Waals surface area (Å²) in [6, 6.07) is 5.23. The molecule has 2 N–H and O–H groups in total. The van der Waals surface area contributed by atoms with Crippen molar-refractivity contribution in [2.24, 2.45) is 0 Å². The van der Waals surface area contributed by atoms with Crippen LogP contribution in [0.2, 0.25) is 0 Å². The summed E-state index contributed by atoms with van der Waals surface area (Å²) < 4.78 is 20.1. The molecular formula is C24H19FN4O4. The fraction of sp³-hybridized carbons (Fsp3) is 0.250. The molecule has 2 amide bonds. The van der Waals surface area contributed by atoms with Crippen molar-refractivity contribution in [3.05, 3.63) is 52.1 Å². The number of Topliss-reactive ketones (excluding diaryl/α,β-unsaturated/α-hetero) is 1. The van der Waals surface area contributed by atoms with Crippen LogP contribution < -0.4 is 10.6 Å². The number of aromatic nitrogens is 1. The average molecular weight is 446 g/mol. The maximum absolute atomic E-state index is 13.6. The highest BCUT2D eigenvalue weighted by atomic mass is 19.1. The molecule has 9 heteroatoms. The molecule has 166 valence electrons. The zero-order valence-corrected chi connectivity index (χ0v) is 17.9. The highest BCUT2D eigenvalue weighted by molar-refractivity contribution is 6.44. The minimum absolute atomic E-state index is 0.0251. The first kappa shape index (κ1) is 23.3. The maximum Gasteiger partial charge on any atom is 0.293 e. The van der Waals surface area contributed by atoms with Crippen molar-refractivity contribution in [3.63, 3.8) is 0 Å². The van der Waals surface area contributed by atoms with Crippen LogP contribution in [0.4, 0.5) is 10.1 Å². The fourth-order valence-electron chi connectivity index (χ4n) is 3.58. The summed E-state index contributed by atoms with van der Waals surface area (Å²) in [5, 5.41) is 14.1. The van der Waals surface area contributed by atoms with E-state index in [0.717, 1.165) is 6.07 Å². The van der Waals surface area contributed by atoms with Crippen LogP contribution in [-0.4, -0.2) is 40.9 Å². The molecule has 1 aromatic carbocycles. The highest BCUT2D eigenvalue weighted by Gasteiger charge is 2.40. The molecule has 1 aromatic heterocycles. The SMILES string of the molecule is C#CCn1c(C)c(C(=O)C(=O)NC2(C#C)COC2)c(C)c1C(=O)Nc1ccc(F)c(C#N)c1. The number of carbonyl (C=O) groups excluding carboxylic acids is 3. The molecule has 0 saturated carbocycles. The molecule has 33 heavy (non-hydrogen) atoms. The zero-order chi connectivity index (χ0) is 24.3. The number of halogens is 1. The van der Waals surface area contributed by atoms with Gasteiger partial charge in [-0.2, -0.15) is 5.26 Å². The molecule has 3 rings (SSSR count). The van der Waals surface area contributed by atoms with Gasteiger partial charge >= 0.3 is 0 Å². The van der Waals surface area contributed by atoms with Crippen LogP contribution in [0.1, 0.15) is 37.7 Å². The first-order chi connectivity index (χ1) is 15.7. The number of hydrogen-bond acceptors (Lipinski definition) is 5. The van der Waals surface area contributed by atoms with Gasteiger partial charge in [-0.3, -0.25) is 14.4 Å². The summed E-state index contributed by atoms with van der Waals surface area (Å²) in [6.07, 6.45) is 10.9. The lowest BCUT2D eigenvalue weighted by Crippen LogP contribution is -2.62. The molecule has 2 heterocycles. The van der Waals surface area contributed by atoms with Crippen LogP contribution >= 0.6 is 0 Å². The second-order valence-corrected chi connectivity index (χ2v) is 7.49. The van der Waals surface area contributed by atoms with E-state index in [4.69, 9.17) is 22.8 Å². The Kier molecular flexibility index (Phi) is 6.35. The Bertz CT molecular complexity index is 1300. The van der Waals surface area contributed by atoms with Crippen molar-refractivity contribution < 1.29 is 23.5 Å². The number of ketones is 1. The van der Waals surface area contributed by atoms with Gasteiger partial charge < -0.3 is 19.9 Å². The van der Waals surface area contributed by atoms with Crippen LogP contribution in [-0.2, 0) is 16.1 Å². The predicted molar refractivity (Wildman–Crippen MR) is 117 cm³/mol. The molecule has 0 atom stereocenters. The predicted octanol–water partition coefficient (Wildman–Crippen LogP) is 1.70. The van der Waals surface area contributed by atoms with E-state index < -0.39 is 29.0 Å².